The van der Waals surface area contributed by atoms with E-state index in [0.29, 0.717) is 16.8 Å². The van der Waals surface area contributed by atoms with Crippen molar-refractivity contribution in [2.75, 3.05) is 6.73 Å². The van der Waals surface area contributed by atoms with Gasteiger partial charge in [0, 0.05) is 30.7 Å². The fourth-order valence-electron chi connectivity index (χ4n) is 2.62. The summed E-state index contributed by atoms with van der Waals surface area (Å²) >= 11 is 0. The predicted molar refractivity (Wildman–Crippen MR) is 99.3 cm³/mol. The molecule has 0 spiro atoms. The molecule has 0 radical (unpaired) electrons. The molecule has 0 N–H and O–H groups in total. The molecule has 0 atom stereocenters. The minimum atomic E-state index is -4.38. The Labute approximate surface area is 170 Å². The second-order valence-electron chi connectivity index (χ2n) is 6.52. The number of hydrogen-bond donors (Lipinski definition) is 0. The third-order valence-corrected chi connectivity index (χ3v) is 4.36. The molecule has 158 valence electrons. The topological polar surface area (TPSA) is 81.1 Å². The first-order valence-corrected chi connectivity index (χ1v) is 8.99. The molecule has 0 unspecified atom stereocenters. The average Bonchev–Trinajstić information content (AvgIpc) is 3.04. The van der Waals surface area contributed by atoms with E-state index < -0.39 is 11.7 Å². The number of carbonyl (C=O) groups is 2. The smallest absolute Gasteiger partial charge is 0.416 e. The van der Waals surface area contributed by atoms with Crippen LogP contribution in [0.1, 0.15) is 36.5 Å². The number of aromatic nitrogens is 1. The molecule has 1 aliphatic rings. The predicted octanol–water partition coefficient (Wildman–Crippen LogP) is 3.53. The molecule has 2 heterocycles. The van der Waals surface area contributed by atoms with Crippen molar-refractivity contribution < 1.29 is 32.3 Å². The molecule has 3 rings (SSSR count). The number of halogens is 3. The molecule has 1 aliphatic heterocycles. The summed E-state index contributed by atoms with van der Waals surface area (Å²) in [4.78, 5) is 33.4. The number of benzene rings is 1. The van der Waals surface area contributed by atoms with Crippen LogP contribution in [0.3, 0.4) is 0 Å². The van der Waals surface area contributed by atoms with Gasteiger partial charge in [0.05, 0.1) is 11.3 Å². The fourth-order valence-corrected chi connectivity index (χ4v) is 2.62. The Hall–Kier alpha value is -3.43. The standard InChI is InChI=1S/C20H18F3N3O4/c1-13(25-30-11-14-2-5-16(6-3-14)20(21,22)23)15-4-7-17(24-10-15)29-12-26-18(27)8-9-19(26)28/h2-7,10H,8-9,11-12H2,1H3. The van der Waals surface area contributed by atoms with E-state index in [1.54, 1.807) is 19.1 Å². The molecule has 30 heavy (non-hydrogen) atoms. The first-order chi connectivity index (χ1) is 14.2. The number of amides is 2. The van der Waals surface area contributed by atoms with Crippen LogP contribution in [-0.4, -0.2) is 34.1 Å². The summed E-state index contributed by atoms with van der Waals surface area (Å²) in [7, 11) is 0. The van der Waals surface area contributed by atoms with Gasteiger partial charge in [-0.05, 0) is 30.7 Å². The number of nitrogens with zero attached hydrogens (tertiary/aromatic N) is 3. The van der Waals surface area contributed by atoms with Gasteiger partial charge in [-0.3, -0.25) is 9.59 Å². The highest BCUT2D eigenvalue weighted by atomic mass is 19.4. The number of carbonyl (C=O) groups excluding carboxylic acids is 2. The molecule has 1 fully saturated rings. The molecule has 1 aromatic heterocycles. The van der Waals surface area contributed by atoms with Crippen LogP contribution in [0, 0.1) is 0 Å². The Kier molecular flexibility index (Phi) is 6.34. The van der Waals surface area contributed by atoms with Crippen molar-refractivity contribution in [1.29, 1.82) is 0 Å². The van der Waals surface area contributed by atoms with E-state index >= 15 is 0 Å². The summed E-state index contributed by atoms with van der Waals surface area (Å²) in [6, 6.07) is 7.88. The Morgan fingerprint density at radius 2 is 1.77 bits per heavy atom. The summed E-state index contributed by atoms with van der Waals surface area (Å²) < 4.78 is 43.0. The maximum Gasteiger partial charge on any atom is 0.416 e. The number of hydrogen-bond acceptors (Lipinski definition) is 6. The zero-order valence-electron chi connectivity index (χ0n) is 16.0. The lowest BCUT2D eigenvalue weighted by molar-refractivity contribution is -0.142. The van der Waals surface area contributed by atoms with Crippen molar-refractivity contribution in [3.05, 3.63) is 59.3 Å². The number of imide groups is 1. The van der Waals surface area contributed by atoms with Crippen molar-refractivity contribution in [1.82, 2.24) is 9.88 Å². The molecule has 1 aromatic carbocycles. The SMILES string of the molecule is CC(=NOCc1ccc(C(F)(F)F)cc1)c1ccc(OCN2C(=O)CCC2=O)nc1. The highest BCUT2D eigenvalue weighted by molar-refractivity contribution is 6.01. The van der Waals surface area contributed by atoms with Crippen LogP contribution in [0.5, 0.6) is 5.88 Å². The molecule has 0 bridgehead atoms. The summed E-state index contributed by atoms with van der Waals surface area (Å²) in [6.45, 7) is 1.52. The van der Waals surface area contributed by atoms with Crippen LogP contribution in [0.25, 0.3) is 0 Å². The quantitative estimate of drug-likeness (QED) is 0.388. The van der Waals surface area contributed by atoms with E-state index in [4.69, 9.17) is 9.57 Å². The van der Waals surface area contributed by atoms with Crippen molar-refractivity contribution in [2.45, 2.75) is 32.5 Å². The zero-order chi connectivity index (χ0) is 21.7. The monoisotopic (exact) mass is 421 g/mol. The third-order valence-electron chi connectivity index (χ3n) is 4.36. The minimum Gasteiger partial charge on any atom is -0.456 e. The molecule has 0 saturated carbocycles. The lowest BCUT2D eigenvalue weighted by Crippen LogP contribution is -2.33. The Balaban J connectivity index is 1.51. The molecule has 7 nitrogen and oxygen atoms in total. The van der Waals surface area contributed by atoms with Crippen LogP contribution in [0.4, 0.5) is 13.2 Å². The molecule has 0 aliphatic carbocycles. The van der Waals surface area contributed by atoms with Gasteiger partial charge in [0.2, 0.25) is 17.7 Å². The highest BCUT2D eigenvalue weighted by Gasteiger charge is 2.30. The summed E-state index contributed by atoms with van der Waals surface area (Å²) in [6.07, 6.45) is -2.51. The van der Waals surface area contributed by atoms with E-state index in [1.165, 1.54) is 18.3 Å². The van der Waals surface area contributed by atoms with Crippen LogP contribution in [0.2, 0.25) is 0 Å². The second kappa shape index (κ2) is 8.93. The van der Waals surface area contributed by atoms with E-state index in [2.05, 4.69) is 10.1 Å². The second-order valence-corrected chi connectivity index (χ2v) is 6.52. The molecule has 2 aromatic rings. The lowest BCUT2D eigenvalue weighted by Gasteiger charge is -2.14. The summed E-state index contributed by atoms with van der Waals surface area (Å²) in [5.74, 6) is -0.306. The fraction of sp³-hybridized carbons (Fsp3) is 0.300. The van der Waals surface area contributed by atoms with Gasteiger partial charge in [-0.15, -0.1) is 0 Å². The van der Waals surface area contributed by atoms with E-state index in [9.17, 15) is 22.8 Å². The number of rotatable bonds is 7. The Morgan fingerprint density at radius 1 is 1.10 bits per heavy atom. The van der Waals surface area contributed by atoms with Crippen molar-refractivity contribution >= 4 is 17.5 Å². The van der Waals surface area contributed by atoms with Crippen LogP contribution < -0.4 is 4.74 Å². The van der Waals surface area contributed by atoms with Gasteiger partial charge in [-0.2, -0.15) is 13.2 Å². The molecule has 2 amide bonds. The van der Waals surface area contributed by atoms with Gasteiger partial charge in [-0.1, -0.05) is 17.3 Å². The number of pyridine rings is 1. The number of ether oxygens (including phenoxy) is 1. The average molecular weight is 421 g/mol. The van der Waals surface area contributed by atoms with Gasteiger partial charge in [0.15, 0.2) is 6.73 Å². The maximum atomic E-state index is 12.6. The van der Waals surface area contributed by atoms with Gasteiger partial charge in [-0.25, -0.2) is 9.88 Å². The van der Waals surface area contributed by atoms with Gasteiger partial charge in [0.25, 0.3) is 0 Å². The molecule has 1 saturated heterocycles. The lowest BCUT2D eigenvalue weighted by atomic mass is 10.1. The number of alkyl halides is 3. The van der Waals surface area contributed by atoms with Crippen molar-refractivity contribution in [3.63, 3.8) is 0 Å². The normalized spacial score (nSPS) is 14.9. The highest BCUT2D eigenvalue weighted by Crippen LogP contribution is 2.29. The molecule has 10 heteroatoms. The Bertz CT molecular complexity index is 925. The third kappa shape index (κ3) is 5.34. The van der Waals surface area contributed by atoms with Crippen LogP contribution >= 0.6 is 0 Å². The first kappa shape index (κ1) is 21.3. The summed E-state index contributed by atoms with van der Waals surface area (Å²) in [5, 5.41) is 3.94. The van der Waals surface area contributed by atoms with Crippen LogP contribution in [-0.2, 0) is 27.2 Å². The maximum absolute atomic E-state index is 12.6. The number of oxime groups is 1. The van der Waals surface area contributed by atoms with Gasteiger partial charge >= 0.3 is 6.18 Å². The minimum absolute atomic E-state index is 0.0159. The zero-order valence-corrected chi connectivity index (χ0v) is 16.0. The van der Waals surface area contributed by atoms with Crippen LogP contribution in [0.15, 0.2) is 47.8 Å². The summed E-state index contributed by atoms with van der Waals surface area (Å²) in [5.41, 5.74) is 0.971. The van der Waals surface area contributed by atoms with E-state index in [0.717, 1.165) is 17.0 Å². The van der Waals surface area contributed by atoms with E-state index in [-0.39, 0.29) is 43.9 Å². The molecular formula is C20H18F3N3O4. The number of likely N-dealkylation sites (tertiary alicyclic amines) is 1. The van der Waals surface area contributed by atoms with Crippen molar-refractivity contribution in [3.8, 4) is 5.88 Å². The van der Waals surface area contributed by atoms with Gasteiger partial charge in [0.1, 0.15) is 6.61 Å². The largest absolute Gasteiger partial charge is 0.456 e. The molecular weight excluding hydrogens is 403 g/mol. The Morgan fingerprint density at radius 3 is 2.33 bits per heavy atom. The van der Waals surface area contributed by atoms with Crippen molar-refractivity contribution in [2.24, 2.45) is 5.16 Å². The first-order valence-electron chi connectivity index (χ1n) is 8.99. The van der Waals surface area contributed by atoms with E-state index in [1.807, 2.05) is 0 Å². The van der Waals surface area contributed by atoms with Gasteiger partial charge < -0.3 is 9.57 Å².